The average molecular weight is 796 g/mol. The van der Waals surface area contributed by atoms with Crippen molar-refractivity contribution in [2.24, 2.45) is 0 Å². The monoisotopic (exact) mass is 795 g/mol. The van der Waals surface area contributed by atoms with Gasteiger partial charge in [-0.2, -0.15) is 0 Å². The molecule has 0 aromatic heterocycles. The molecule has 0 heterocycles. The molecule has 0 radical (unpaired) electrons. The Morgan fingerprint density at radius 3 is 1.92 bits per heavy atom. The van der Waals surface area contributed by atoms with E-state index in [0.29, 0.717) is 0 Å². The molecule has 1 aliphatic rings. The second-order valence-corrected chi connectivity index (χ2v) is 17.0. The van der Waals surface area contributed by atoms with Crippen LogP contribution in [0.5, 0.6) is 0 Å². The molecule has 0 aliphatic heterocycles. The van der Waals surface area contributed by atoms with Gasteiger partial charge in [0.25, 0.3) is 0 Å². The first kappa shape index (κ1) is 37.8. The van der Waals surface area contributed by atoms with Crippen LogP contribution in [0.15, 0.2) is 224 Å². The Morgan fingerprint density at radius 2 is 1.11 bits per heavy atom. The Kier molecular flexibility index (Phi) is 10.2. The summed E-state index contributed by atoms with van der Waals surface area (Å²) in [6.45, 7) is 0. The first-order valence-corrected chi connectivity index (χ1v) is 22.4. The number of benzene rings is 10. The van der Waals surface area contributed by atoms with Crippen molar-refractivity contribution in [1.82, 2.24) is 0 Å². The van der Waals surface area contributed by atoms with Gasteiger partial charge in [-0.05, 0) is 145 Å². The van der Waals surface area contributed by atoms with E-state index in [1.54, 1.807) is 0 Å². The third-order valence-corrected chi connectivity index (χ3v) is 13.4. The molecule has 0 N–H and O–H groups in total. The normalized spacial score (nSPS) is 14.2. The number of para-hydroxylation sites is 1. The van der Waals surface area contributed by atoms with Crippen LogP contribution < -0.4 is 4.90 Å². The minimum absolute atomic E-state index is 0.275. The van der Waals surface area contributed by atoms with E-state index in [9.17, 15) is 0 Å². The first-order valence-electron chi connectivity index (χ1n) is 22.4. The van der Waals surface area contributed by atoms with Crippen LogP contribution in [0.2, 0.25) is 0 Å². The molecule has 10 aromatic carbocycles. The molecule has 0 saturated carbocycles. The average Bonchev–Trinajstić information content (AvgIpc) is 3.35. The summed E-state index contributed by atoms with van der Waals surface area (Å²) in [4.78, 5) is 2.48. The highest BCUT2D eigenvalue weighted by atomic mass is 15.1. The molecule has 0 spiro atoms. The molecule has 10 aromatic rings. The van der Waals surface area contributed by atoms with Gasteiger partial charge in [0.1, 0.15) is 0 Å². The van der Waals surface area contributed by atoms with Gasteiger partial charge >= 0.3 is 0 Å². The Hall–Kier alpha value is -7.22. The Bertz CT molecular complexity index is 3150. The molecule has 0 fully saturated rings. The van der Waals surface area contributed by atoms with Crippen molar-refractivity contribution in [3.05, 3.63) is 258 Å². The maximum Gasteiger partial charge on any atom is 0.0496 e. The zero-order valence-electron chi connectivity index (χ0n) is 35.0. The van der Waals surface area contributed by atoms with Crippen molar-refractivity contribution in [3.8, 4) is 11.1 Å². The Morgan fingerprint density at radius 1 is 0.484 bits per heavy atom. The number of nitrogens with zero attached hydrogens (tertiary/aromatic N) is 1. The summed E-state index contributed by atoms with van der Waals surface area (Å²) in [7, 11) is 0. The van der Waals surface area contributed by atoms with Gasteiger partial charge in [0.15, 0.2) is 0 Å². The number of fused-ring (bicyclic) bond motifs is 5. The highest BCUT2D eigenvalue weighted by Crippen LogP contribution is 2.48. The predicted octanol–water partition coefficient (Wildman–Crippen LogP) is 16.5. The van der Waals surface area contributed by atoms with Crippen LogP contribution in [0, 0.1) is 0 Å². The van der Waals surface area contributed by atoms with Crippen molar-refractivity contribution in [2.75, 3.05) is 4.90 Å². The molecule has 62 heavy (non-hydrogen) atoms. The fraction of sp³-hybridized carbons (Fsp3) is 0.115. The molecule has 1 aliphatic carbocycles. The lowest BCUT2D eigenvalue weighted by Crippen LogP contribution is -2.18. The molecule has 1 heteroatoms. The summed E-state index contributed by atoms with van der Waals surface area (Å²) in [5.74, 6) is 0.559. The second-order valence-electron chi connectivity index (χ2n) is 17.0. The van der Waals surface area contributed by atoms with Gasteiger partial charge < -0.3 is 4.90 Å². The van der Waals surface area contributed by atoms with Gasteiger partial charge in [-0.15, -0.1) is 0 Å². The molecule has 2 atom stereocenters. The molecule has 11 rings (SSSR count). The van der Waals surface area contributed by atoms with Crippen molar-refractivity contribution < 1.29 is 0 Å². The van der Waals surface area contributed by atoms with E-state index in [1.165, 1.54) is 93.9 Å². The summed E-state index contributed by atoms with van der Waals surface area (Å²) in [5, 5.41) is 7.99. The van der Waals surface area contributed by atoms with Gasteiger partial charge in [-0.1, -0.05) is 188 Å². The van der Waals surface area contributed by atoms with Gasteiger partial charge in [0, 0.05) is 28.9 Å². The Balaban J connectivity index is 1.02. The van der Waals surface area contributed by atoms with E-state index in [4.69, 9.17) is 0 Å². The van der Waals surface area contributed by atoms with Crippen LogP contribution in [-0.4, -0.2) is 0 Å². The number of anilines is 3. The summed E-state index contributed by atoms with van der Waals surface area (Å²) in [5.41, 5.74) is 14.6. The molecular weight excluding hydrogens is 747 g/mol. The topological polar surface area (TPSA) is 3.24 Å². The second kappa shape index (κ2) is 16.7. The SMILES string of the molecule is c1ccc(CCC(c2ccccc2)c2cccc3cc(C4CCCc5c4cccc5N(c4ccccc4)c4ccc(-c5cccc6ccccc56)cc4)c4ccccc4c23)cc1. The lowest BCUT2D eigenvalue weighted by molar-refractivity contribution is 0.619. The van der Waals surface area contributed by atoms with E-state index >= 15 is 0 Å². The molecule has 0 bridgehead atoms. The minimum atomic E-state index is 0.275. The van der Waals surface area contributed by atoms with Crippen LogP contribution in [0.4, 0.5) is 17.1 Å². The standard InChI is InChI=1S/C61H49N/c1-4-18-43(19-5-1)36-41-52(44-20-6-2-7-21-44)57-34-15-24-47-42-59(55-28-12-13-29-58(55)61(47)57)54-31-16-33-56-53(54)32-17-35-60(56)62(48-25-8-3-9-26-48)49-39-37-46(38-40-49)51-30-14-23-45-22-10-11-27-50(45)51/h1-15,17-30,32,34-35,37-40,42,52,54H,16,31,33,36,41H2. The van der Waals surface area contributed by atoms with Gasteiger partial charge in [0.2, 0.25) is 0 Å². The lowest BCUT2D eigenvalue weighted by Gasteiger charge is -2.34. The molecule has 0 amide bonds. The number of aryl methyl sites for hydroxylation is 1. The van der Waals surface area contributed by atoms with Gasteiger partial charge in [-0.25, -0.2) is 0 Å². The summed E-state index contributed by atoms with van der Waals surface area (Å²) in [6, 6.07) is 83.4. The van der Waals surface area contributed by atoms with E-state index in [0.717, 1.165) is 32.1 Å². The fourth-order valence-corrected chi connectivity index (χ4v) is 10.6. The maximum atomic E-state index is 2.55. The van der Waals surface area contributed by atoms with Crippen LogP contribution in [0.1, 0.15) is 64.5 Å². The zero-order chi connectivity index (χ0) is 41.2. The molecule has 0 saturated heterocycles. The van der Waals surface area contributed by atoms with E-state index in [-0.39, 0.29) is 11.8 Å². The quantitative estimate of drug-likeness (QED) is 0.125. The van der Waals surface area contributed by atoms with Gasteiger partial charge in [-0.3, -0.25) is 0 Å². The lowest BCUT2D eigenvalue weighted by atomic mass is 9.75. The maximum absolute atomic E-state index is 2.55. The highest BCUT2D eigenvalue weighted by molar-refractivity contribution is 6.11. The number of hydrogen-bond donors (Lipinski definition) is 0. The van der Waals surface area contributed by atoms with Crippen molar-refractivity contribution in [3.63, 3.8) is 0 Å². The summed E-state index contributed by atoms with van der Waals surface area (Å²) in [6.07, 6.45) is 5.39. The number of rotatable bonds is 10. The third kappa shape index (κ3) is 7.04. The van der Waals surface area contributed by atoms with E-state index < -0.39 is 0 Å². The zero-order valence-corrected chi connectivity index (χ0v) is 35.0. The van der Waals surface area contributed by atoms with Crippen LogP contribution in [0.25, 0.3) is 43.4 Å². The minimum Gasteiger partial charge on any atom is -0.310 e. The smallest absolute Gasteiger partial charge is 0.0496 e. The largest absolute Gasteiger partial charge is 0.310 e. The summed E-state index contributed by atoms with van der Waals surface area (Å²) < 4.78 is 0. The molecule has 2 unspecified atom stereocenters. The van der Waals surface area contributed by atoms with Crippen molar-refractivity contribution >= 4 is 49.4 Å². The van der Waals surface area contributed by atoms with Crippen LogP contribution >= 0.6 is 0 Å². The van der Waals surface area contributed by atoms with Gasteiger partial charge in [0.05, 0.1) is 0 Å². The predicted molar refractivity (Wildman–Crippen MR) is 263 cm³/mol. The van der Waals surface area contributed by atoms with E-state index in [1.807, 2.05) is 0 Å². The van der Waals surface area contributed by atoms with Crippen molar-refractivity contribution in [1.29, 1.82) is 0 Å². The van der Waals surface area contributed by atoms with Crippen LogP contribution in [-0.2, 0) is 12.8 Å². The molecule has 1 nitrogen and oxygen atoms in total. The Labute approximate surface area is 365 Å². The molecule has 298 valence electrons. The van der Waals surface area contributed by atoms with Crippen molar-refractivity contribution in [2.45, 2.75) is 43.9 Å². The van der Waals surface area contributed by atoms with Crippen LogP contribution in [0.3, 0.4) is 0 Å². The summed E-state index contributed by atoms with van der Waals surface area (Å²) >= 11 is 0. The first-order chi connectivity index (χ1) is 30.8. The highest BCUT2D eigenvalue weighted by Gasteiger charge is 2.29. The fourth-order valence-electron chi connectivity index (χ4n) is 10.6. The third-order valence-electron chi connectivity index (χ3n) is 13.4. The van der Waals surface area contributed by atoms with E-state index in [2.05, 4.69) is 229 Å². The number of hydrogen-bond acceptors (Lipinski definition) is 1. The molecular formula is C61H49N.